The van der Waals surface area contributed by atoms with Gasteiger partial charge in [0.1, 0.15) is 11.5 Å². The maximum absolute atomic E-state index is 14.0. The van der Waals surface area contributed by atoms with Crippen LogP contribution in [0.2, 0.25) is 5.02 Å². The molecule has 192 valence electrons. The predicted octanol–water partition coefficient (Wildman–Crippen LogP) is 6.93. The Bertz CT molecular complexity index is 1330. The monoisotopic (exact) mass is 516 g/mol. The first-order valence-electron chi connectivity index (χ1n) is 13.2. The molecular formula is C31H33ClN2O3. The Labute approximate surface area is 223 Å². The van der Waals surface area contributed by atoms with E-state index in [2.05, 4.69) is 23.2 Å². The fourth-order valence-corrected chi connectivity index (χ4v) is 6.97. The van der Waals surface area contributed by atoms with E-state index in [0.717, 1.165) is 68.6 Å². The number of rotatable bonds is 6. The molecule has 7 rings (SSSR count). The zero-order chi connectivity index (χ0) is 25.6. The van der Waals surface area contributed by atoms with Crippen LogP contribution in [0.15, 0.2) is 54.9 Å². The minimum Gasteiger partial charge on any atom is -0.497 e. The van der Waals surface area contributed by atoms with Crippen LogP contribution in [-0.2, 0) is 11.8 Å². The van der Waals surface area contributed by atoms with E-state index in [-0.39, 0.29) is 16.7 Å². The van der Waals surface area contributed by atoms with E-state index in [9.17, 15) is 4.79 Å². The predicted molar refractivity (Wildman–Crippen MR) is 146 cm³/mol. The Morgan fingerprint density at radius 3 is 2.59 bits per heavy atom. The standard InChI is InChI=1S/C31H33ClN2O3/c1-21-19-33-13-5-27(21)29(35)34(25-16-24(32)17-26(18-25)36-2)20-30-7-10-31(11-8-30,12-9-30)23-3-4-28-22(15-23)6-14-37-28/h3-5,13,15-19H,6-12,14,20H2,1-2H3. The lowest BCUT2D eigenvalue weighted by Gasteiger charge is -2.55. The van der Waals surface area contributed by atoms with Crippen LogP contribution >= 0.6 is 11.6 Å². The number of halogens is 1. The van der Waals surface area contributed by atoms with Gasteiger partial charge in [0.05, 0.1) is 13.7 Å². The van der Waals surface area contributed by atoms with Gasteiger partial charge in [-0.05, 0) is 97.2 Å². The number of anilines is 1. The largest absolute Gasteiger partial charge is 0.497 e. The van der Waals surface area contributed by atoms with E-state index >= 15 is 0 Å². The summed E-state index contributed by atoms with van der Waals surface area (Å²) in [6.45, 7) is 3.40. The van der Waals surface area contributed by atoms with Crippen molar-refractivity contribution in [1.82, 2.24) is 4.98 Å². The minimum atomic E-state index is -0.0142. The van der Waals surface area contributed by atoms with E-state index in [1.807, 2.05) is 30.0 Å². The number of amides is 1. The highest BCUT2D eigenvalue weighted by molar-refractivity contribution is 6.31. The Morgan fingerprint density at radius 2 is 1.86 bits per heavy atom. The molecule has 3 fully saturated rings. The van der Waals surface area contributed by atoms with Gasteiger partial charge in [0.2, 0.25) is 0 Å². The van der Waals surface area contributed by atoms with Gasteiger partial charge >= 0.3 is 0 Å². The molecule has 0 N–H and O–H groups in total. The number of ether oxygens (including phenoxy) is 2. The van der Waals surface area contributed by atoms with Crippen LogP contribution in [0.3, 0.4) is 0 Å². The van der Waals surface area contributed by atoms with Gasteiger partial charge in [0.15, 0.2) is 0 Å². The molecule has 0 atom stereocenters. The molecule has 1 aliphatic heterocycles. The van der Waals surface area contributed by atoms with E-state index in [1.54, 1.807) is 25.6 Å². The molecule has 0 unspecified atom stereocenters. The molecule has 1 amide bonds. The van der Waals surface area contributed by atoms with Crippen LogP contribution in [0, 0.1) is 12.3 Å². The van der Waals surface area contributed by atoms with Crippen LogP contribution in [0.25, 0.3) is 0 Å². The summed E-state index contributed by atoms with van der Waals surface area (Å²) in [7, 11) is 1.63. The van der Waals surface area contributed by atoms with Crippen molar-refractivity contribution in [3.05, 3.63) is 82.1 Å². The summed E-state index contributed by atoms with van der Waals surface area (Å²) in [5.41, 5.74) is 5.49. The molecular weight excluding hydrogens is 484 g/mol. The minimum absolute atomic E-state index is 0.0142. The molecule has 0 spiro atoms. The van der Waals surface area contributed by atoms with Gasteiger partial charge in [-0.2, -0.15) is 0 Å². The van der Waals surface area contributed by atoms with Crippen molar-refractivity contribution in [2.45, 2.75) is 57.3 Å². The zero-order valence-corrected chi connectivity index (χ0v) is 22.3. The maximum atomic E-state index is 14.0. The number of benzene rings is 2. The zero-order valence-electron chi connectivity index (χ0n) is 21.6. The van der Waals surface area contributed by atoms with Gasteiger partial charge in [0.25, 0.3) is 5.91 Å². The molecule has 0 radical (unpaired) electrons. The third-order valence-electron chi connectivity index (χ3n) is 9.10. The second-order valence-electron chi connectivity index (χ2n) is 11.1. The number of fused-ring (bicyclic) bond motifs is 4. The van der Waals surface area contributed by atoms with Crippen LogP contribution < -0.4 is 14.4 Å². The van der Waals surface area contributed by atoms with Gasteiger partial charge in [0, 0.05) is 47.7 Å². The smallest absolute Gasteiger partial charge is 0.258 e. The van der Waals surface area contributed by atoms with Crippen LogP contribution in [0.4, 0.5) is 5.69 Å². The maximum Gasteiger partial charge on any atom is 0.258 e. The molecule has 3 aromatic rings. The molecule has 2 aromatic carbocycles. The average molecular weight is 517 g/mol. The summed E-state index contributed by atoms with van der Waals surface area (Å²) in [4.78, 5) is 20.1. The fourth-order valence-electron chi connectivity index (χ4n) is 6.75. The average Bonchev–Trinajstić information content (AvgIpc) is 3.40. The molecule has 4 aliphatic rings. The molecule has 0 saturated heterocycles. The number of hydrogen-bond donors (Lipinski definition) is 0. The van der Waals surface area contributed by atoms with Gasteiger partial charge in [-0.15, -0.1) is 0 Å². The van der Waals surface area contributed by atoms with E-state index in [4.69, 9.17) is 21.1 Å². The number of carbonyl (C=O) groups excluding carboxylic acids is 1. The first kappa shape index (κ1) is 24.3. The second-order valence-corrected chi connectivity index (χ2v) is 11.6. The van der Waals surface area contributed by atoms with E-state index < -0.39 is 0 Å². The van der Waals surface area contributed by atoms with Crippen molar-refractivity contribution in [3.63, 3.8) is 0 Å². The Kier molecular flexibility index (Phi) is 6.15. The number of hydrogen-bond acceptors (Lipinski definition) is 4. The third-order valence-corrected chi connectivity index (χ3v) is 9.31. The molecule has 2 bridgehead atoms. The molecule has 2 heterocycles. The Morgan fingerprint density at radius 1 is 1.08 bits per heavy atom. The topological polar surface area (TPSA) is 51.7 Å². The van der Waals surface area contributed by atoms with Gasteiger partial charge < -0.3 is 14.4 Å². The fraction of sp³-hybridized carbons (Fsp3) is 0.419. The Balaban J connectivity index is 1.30. The SMILES string of the molecule is COc1cc(Cl)cc(N(CC23CCC(c4ccc5c(c4)CCO5)(CC2)CC3)C(=O)c2ccncc2C)c1. The van der Waals surface area contributed by atoms with Gasteiger partial charge in [-0.1, -0.05) is 23.7 Å². The van der Waals surface area contributed by atoms with Gasteiger partial charge in [-0.3, -0.25) is 9.78 Å². The quantitative estimate of drug-likeness (QED) is 0.356. The lowest BCUT2D eigenvalue weighted by molar-refractivity contribution is 0.0441. The van der Waals surface area contributed by atoms with E-state index in [0.29, 0.717) is 22.9 Å². The summed E-state index contributed by atoms with van der Waals surface area (Å²) >= 11 is 6.46. The number of pyridine rings is 1. The molecule has 37 heavy (non-hydrogen) atoms. The number of methoxy groups -OCH3 is 1. The van der Waals surface area contributed by atoms with Gasteiger partial charge in [-0.25, -0.2) is 0 Å². The molecule has 6 heteroatoms. The summed E-state index contributed by atoms with van der Waals surface area (Å²) in [6.07, 6.45) is 11.2. The summed E-state index contributed by atoms with van der Waals surface area (Å²) in [5.74, 6) is 1.69. The molecule has 5 nitrogen and oxygen atoms in total. The van der Waals surface area contributed by atoms with Crippen LogP contribution in [0.5, 0.6) is 11.5 Å². The van der Waals surface area contributed by atoms with Crippen molar-refractivity contribution in [3.8, 4) is 11.5 Å². The highest BCUT2D eigenvalue weighted by Gasteiger charge is 2.50. The highest BCUT2D eigenvalue weighted by atomic mass is 35.5. The first-order valence-corrected chi connectivity index (χ1v) is 13.6. The number of nitrogens with zero attached hydrogens (tertiary/aromatic N) is 2. The molecule has 1 aromatic heterocycles. The molecule has 3 saturated carbocycles. The van der Waals surface area contributed by atoms with Crippen LogP contribution in [0.1, 0.15) is 65.6 Å². The number of carbonyl (C=O) groups is 1. The summed E-state index contributed by atoms with van der Waals surface area (Å²) in [6, 6.07) is 14.3. The lowest BCUT2D eigenvalue weighted by Crippen LogP contribution is -2.50. The highest BCUT2D eigenvalue weighted by Crippen LogP contribution is 2.58. The number of aromatic nitrogens is 1. The Hall–Kier alpha value is -3.05. The second kappa shape index (κ2) is 9.36. The van der Waals surface area contributed by atoms with Crippen molar-refractivity contribution in [2.24, 2.45) is 5.41 Å². The lowest BCUT2D eigenvalue weighted by atomic mass is 9.51. The summed E-state index contributed by atoms with van der Waals surface area (Å²) < 4.78 is 11.2. The van der Waals surface area contributed by atoms with Crippen molar-refractivity contribution in [1.29, 1.82) is 0 Å². The van der Waals surface area contributed by atoms with Crippen molar-refractivity contribution >= 4 is 23.2 Å². The normalized spacial score (nSPS) is 23.9. The summed E-state index contributed by atoms with van der Waals surface area (Å²) in [5, 5.41) is 0.558. The number of aryl methyl sites for hydroxylation is 1. The van der Waals surface area contributed by atoms with E-state index in [1.165, 1.54) is 11.1 Å². The first-order chi connectivity index (χ1) is 17.9. The molecule has 3 aliphatic carbocycles. The van der Waals surface area contributed by atoms with Crippen molar-refractivity contribution < 1.29 is 14.3 Å². The third kappa shape index (κ3) is 4.37. The van der Waals surface area contributed by atoms with Crippen LogP contribution in [-0.4, -0.2) is 31.2 Å². The van der Waals surface area contributed by atoms with Crippen molar-refractivity contribution in [2.75, 3.05) is 25.2 Å².